The second-order valence-electron chi connectivity index (χ2n) is 6.57. The number of hydrogen-bond acceptors (Lipinski definition) is 4. The second kappa shape index (κ2) is 7.76. The molecule has 1 aliphatic heterocycles. The van der Waals surface area contributed by atoms with Crippen LogP contribution in [0.3, 0.4) is 0 Å². The molecule has 0 N–H and O–H groups in total. The lowest BCUT2D eigenvalue weighted by Crippen LogP contribution is -2.51. The third kappa shape index (κ3) is 3.52. The first-order chi connectivity index (χ1) is 12.5. The normalized spacial score (nSPS) is 14.7. The van der Waals surface area contributed by atoms with Gasteiger partial charge in [0.2, 0.25) is 0 Å². The molecular formula is C19H26N4O3. The molecule has 0 radical (unpaired) electrons. The molecule has 3 rings (SSSR count). The molecule has 7 nitrogen and oxygen atoms in total. The van der Waals surface area contributed by atoms with Gasteiger partial charge < -0.3 is 14.5 Å². The van der Waals surface area contributed by atoms with Crippen LogP contribution >= 0.6 is 0 Å². The van der Waals surface area contributed by atoms with Crippen LogP contribution in [0.1, 0.15) is 42.0 Å². The molecule has 1 fully saturated rings. The maximum Gasteiger partial charge on any atom is 0.409 e. The fraction of sp³-hybridized carbons (Fsp3) is 0.526. The summed E-state index contributed by atoms with van der Waals surface area (Å²) in [5.41, 5.74) is 3.37. The molecule has 0 saturated carbocycles. The smallest absolute Gasteiger partial charge is 0.409 e. The highest BCUT2D eigenvalue weighted by molar-refractivity contribution is 5.95. The van der Waals surface area contributed by atoms with Gasteiger partial charge in [0.1, 0.15) is 11.3 Å². The van der Waals surface area contributed by atoms with E-state index in [1.54, 1.807) is 16.7 Å². The molecule has 2 amide bonds. The van der Waals surface area contributed by atoms with Crippen LogP contribution in [0.5, 0.6) is 0 Å². The molecule has 0 atom stereocenters. The van der Waals surface area contributed by atoms with Crippen molar-refractivity contribution in [3.8, 4) is 0 Å². The maximum absolute atomic E-state index is 13.2. The maximum atomic E-state index is 13.2. The second-order valence-corrected chi connectivity index (χ2v) is 6.57. The monoisotopic (exact) mass is 358 g/mol. The summed E-state index contributed by atoms with van der Waals surface area (Å²) in [6.07, 6.45) is 3.35. The summed E-state index contributed by atoms with van der Waals surface area (Å²) >= 11 is 0. The quantitative estimate of drug-likeness (QED) is 0.842. The molecule has 0 aromatic carbocycles. The van der Waals surface area contributed by atoms with Crippen molar-refractivity contribution in [3.05, 3.63) is 35.3 Å². The Morgan fingerprint density at radius 2 is 1.81 bits per heavy atom. The molecule has 2 aromatic rings. The van der Waals surface area contributed by atoms with Crippen molar-refractivity contribution in [2.75, 3.05) is 32.8 Å². The van der Waals surface area contributed by atoms with Crippen LogP contribution in [-0.2, 0) is 11.2 Å². The topological polar surface area (TPSA) is 67.2 Å². The molecule has 1 aliphatic rings. The lowest BCUT2D eigenvalue weighted by Gasteiger charge is -2.34. The standard InChI is InChI=1S/C19H26N4O3/c1-4-6-15-17(23-13-14(3)7-8-16(23)20-15)18(24)21-9-11-22(12-10-21)19(25)26-5-2/h7-8,13H,4-6,9-12H2,1-3H3. The molecule has 0 unspecified atom stereocenters. The van der Waals surface area contributed by atoms with Gasteiger partial charge in [-0.3, -0.25) is 9.20 Å². The fourth-order valence-electron chi connectivity index (χ4n) is 3.29. The minimum absolute atomic E-state index is 0.0185. The number of carbonyl (C=O) groups is 2. The Hall–Kier alpha value is -2.57. The Balaban J connectivity index is 1.83. The Bertz CT molecular complexity index is 806. The summed E-state index contributed by atoms with van der Waals surface area (Å²) in [6, 6.07) is 3.95. The van der Waals surface area contributed by atoms with Crippen molar-refractivity contribution in [2.45, 2.75) is 33.6 Å². The molecule has 140 valence electrons. The molecule has 0 bridgehead atoms. The number of piperazine rings is 1. The first-order valence-corrected chi connectivity index (χ1v) is 9.23. The Morgan fingerprint density at radius 3 is 2.46 bits per heavy atom. The van der Waals surface area contributed by atoms with Crippen LogP contribution in [0, 0.1) is 6.92 Å². The number of aromatic nitrogens is 2. The number of nitrogens with zero attached hydrogens (tertiary/aromatic N) is 4. The molecule has 1 saturated heterocycles. The van der Waals surface area contributed by atoms with Gasteiger partial charge in [-0.1, -0.05) is 19.4 Å². The van der Waals surface area contributed by atoms with Crippen LogP contribution in [0.15, 0.2) is 18.3 Å². The Kier molecular flexibility index (Phi) is 5.44. The third-order valence-electron chi connectivity index (χ3n) is 4.62. The van der Waals surface area contributed by atoms with Crippen LogP contribution in [0.2, 0.25) is 0 Å². The number of pyridine rings is 1. The zero-order valence-electron chi connectivity index (χ0n) is 15.7. The number of imidazole rings is 1. The largest absolute Gasteiger partial charge is 0.450 e. The summed E-state index contributed by atoms with van der Waals surface area (Å²) in [5.74, 6) is -0.0185. The molecular weight excluding hydrogens is 332 g/mol. The van der Waals surface area contributed by atoms with Gasteiger partial charge in [0, 0.05) is 32.4 Å². The highest BCUT2D eigenvalue weighted by atomic mass is 16.6. The van der Waals surface area contributed by atoms with Crippen molar-refractivity contribution in [3.63, 3.8) is 0 Å². The van der Waals surface area contributed by atoms with E-state index < -0.39 is 0 Å². The highest BCUT2D eigenvalue weighted by Gasteiger charge is 2.29. The third-order valence-corrected chi connectivity index (χ3v) is 4.62. The summed E-state index contributed by atoms with van der Waals surface area (Å²) in [7, 11) is 0. The number of hydrogen-bond donors (Lipinski definition) is 0. The van der Waals surface area contributed by atoms with Crippen molar-refractivity contribution in [1.82, 2.24) is 19.2 Å². The molecule has 26 heavy (non-hydrogen) atoms. The lowest BCUT2D eigenvalue weighted by atomic mass is 10.2. The summed E-state index contributed by atoms with van der Waals surface area (Å²) in [4.78, 5) is 33.2. The van der Waals surface area contributed by atoms with Gasteiger partial charge in [-0.25, -0.2) is 9.78 Å². The van der Waals surface area contributed by atoms with Gasteiger partial charge in [-0.05, 0) is 31.9 Å². The van der Waals surface area contributed by atoms with Crippen molar-refractivity contribution in [1.29, 1.82) is 0 Å². The van der Waals surface area contributed by atoms with Gasteiger partial charge >= 0.3 is 6.09 Å². The van der Waals surface area contributed by atoms with Crippen LogP contribution in [0.4, 0.5) is 4.79 Å². The minimum atomic E-state index is -0.309. The van der Waals surface area contributed by atoms with E-state index in [1.165, 1.54) is 0 Å². The van der Waals surface area contributed by atoms with Crippen molar-refractivity contribution < 1.29 is 14.3 Å². The van der Waals surface area contributed by atoms with Crippen LogP contribution < -0.4 is 0 Å². The van der Waals surface area contributed by atoms with E-state index in [1.807, 2.05) is 29.7 Å². The molecule has 0 spiro atoms. The van der Waals surface area contributed by atoms with Gasteiger partial charge in [0.25, 0.3) is 5.91 Å². The summed E-state index contributed by atoms with van der Waals surface area (Å²) in [6.45, 7) is 8.23. The predicted octanol–water partition coefficient (Wildman–Crippen LogP) is 2.51. The van der Waals surface area contributed by atoms with Crippen molar-refractivity contribution >= 4 is 17.6 Å². The van der Waals surface area contributed by atoms with Gasteiger partial charge in [-0.2, -0.15) is 0 Å². The molecule has 2 aromatic heterocycles. The van der Waals surface area contributed by atoms with E-state index in [2.05, 4.69) is 11.9 Å². The van der Waals surface area contributed by atoms with Gasteiger partial charge in [0.15, 0.2) is 0 Å². The number of rotatable bonds is 4. The van der Waals surface area contributed by atoms with E-state index in [9.17, 15) is 9.59 Å². The van der Waals surface area contributed by atoms with E-state index in [4.69, 9.17) is 4.74 Å². The number of carbonyl (C=O) groups excluding carboxylic acids is 2. The van der Waals surface area contributed by atoms with Crippen LogP contribution in [-0.4, -0.2) is 64.0 Å². The molecule has 7 heteroatoms. The number of ether oxygens (including phenoxy) is 1. The average Bonchev–Trinajstić information content (AvgIpc) is 2.99. The summed E-state index contributed by atoms with van der Waals surface area (Å²) < 4.78 is 6.94. The number of amides is 2. The van der Waals surface area contributed by atoms with Gasteiger partial charge in [-0.15, -0.1) is 0 Å². The predicted molar refractivity (Wildman–Crippen MR) is 98.4 cm³/mol. The zero-order chi connectivity index (χ0) is 18.7. The minimum Gasteiger partial charge on any atom is -0.450 e. The van der Waals surface area contributed by atoms with Crippen LogP contribution in [0.25, 0.3) is 5.65 Å². The number of fused-ring (bicyclic) bond motifs is 1. The van der Waals surface area contributed by atoms with Crippen molar-refractivity contribution in [2.24, 2.45) is 0 Å². The Labute approximate surface area is 153 Å². The average molecular weight is 358 g/mol. The van der Waals surface area contributed by atoms with E-state index in [0.717, 1.165) is 29.7 Å². The summed E-state index contributed by atoms with van der Waals surface area (Å²) in [5, 5.41) is 0. The lowest BCUT2D eigenvalue weighted by molar-refractivity contribution is 0.0564. The fourth-order valence-corrected chi connectivity index (χ4v) is 3.29. The van der Waals surface area contributed by atoms with E-state index in [-0.39, 0.29) is 12.0 Å². The molecule has 0 aliphatic carbocycles. The first kappa shape index (κ1) is 18.2. The molecule has 3 heterocycles. The highest BCUT2D eigenvalue weighted by Crippen LogP contribution is 2.19. The Morgan fingerprint density at radius 1 is 1.12 bits per heavy atom. The van der Waals surface area contributed by atoms with Gasteiger partial charge in [0.05, 0.1) is 12.3 Å². The van der Waals surface area contributed by atoms with E-state index in [0.29, 0.717) is 38.5 Å². The number of aryl methyl sites for hydroxylation is 2. The first-order valence-electron chi connectivity index (χ1n) is 9.23. The zero-order valence-corrected chi connectivity index (χ0v) is 15.7. The SMILES string of the molecule is CCCc1nc2ccc(C)cn2c1C(=O)N1CCN(C(=O)OCC)CC1. The van der Waals surface area contributed by atoms with E-state index >= 15 is 0 Å².